The summed E-state index contributed by atoms with van der Waals surface area (Å²) in [7, 11) is 1.42. The monoisotopic (exact) mass is 302 g/mol. The number of rotatable bonds is 4. The van der Waals surface area contributed by atoms with Crippen LogP contribution in [0.25, 0.3) is 0 Å². The van der Waals surface area contributed by atoms with E-state index in [9.17, 15) is 20.3 Å². The van der Waals surface area contributed by atoms with E-state index < -0.39 is 4.92 Å². The Morgan fingerprint density at radius 1 is 1.27 bits per heavy atom. The van der Waals surface area contributed by atoms with Crippen LogP contribution in [-0.4, -0.2) is 28.5 Å². The standard InChI is InChI=1S/C15H14N2O5/c1-9-6-11(17(20)21)7-12(14(9)18)16-8-10-4-3-5-13(22-2)15(10)19/h3-8,18-19H,1-2H3. The molecule has 0 bridgehead atoms. The summed E-state index contributed by atoms with van der Waals surface area (Å²) in [6.45, 7) is 1.55. The molecule has 0 radical (unpaired) electrons. The van der Waals surface area contributed by atoms with E-state index in [-0.39, 0.29) is 28.6 Å². The second kappa shape index (κ2) is 6.13. The number of ether oxygens (including phenoxy) is 1. The smallest absolute Gasteiger partial charge is 0.272 e. The number of hydrogen-bond acceptors (Lipinski definition) is 6. The molecule has 7 nitrogen and oxygen atoms in total. The lowest BCUT2D eigenvalue weighted by molar-refractivity contribution is -0.384. The van der Waals surface area contributed by atoms with Crippen molar-refractivity contribution in [3.63, 3.8) is 0 Å². The van der Waals surface area contributed by atoms with E-state index >= 15 is 0 Å². The van der Waals surface area contributed by atoms with Crippen molar-refractivity contribution < 1.29 is 19.9 Å². The molecule has 22 heavy (non-hydrogen) atoms. The molecular formula is C15H14N2O5. The number of aromatic hydroxyl groups is 2. The van der Waals surface area contributed by atoms with Gasteiger partial charge in [0.2, 0.25) is 0 Å². The maximum Gasteiger partial charge on any atom is 0.272 e. The third kappa shape index (κ3) is 2.98. The van der Waals surface area contributed by atoms with Crippen LogP contribution in [0.15, 0.2) is 35.3 Å². The van der Waals surface area contributed by atoms with Gasteiger partial charge in [-0.15, -0.1) is 0 Å². The number of nitrogens with zero attached hydrogens (tertiary/aromatic N) is 2. The van der Waals surface area contributed by atoms with E-state index in [1.165, 1.54) is 19.4 Å². The molecule has 0 aromatic heterocycles. The maximum absolute atomic E-state index is 10.8. The minimum absolute atomic E-state index is 0.0499. The van der Waals surface area contributed by atoms with Crippen molar-refractivity contribution in [2.45, 2.75) is 6.92 Å². The summed E-state index contributed by atoms with van der Waals surface area (Å²) in [6, 6.07) is 7.27. The second-order valence-electron chi connectivity index (χ2n) is 4.54. The Hall–Kier alpha value is -3.09. The van der Waals surface area contributed by atoms with Gasteiger partial charge in [-0.2, -0.15) is 0 Å². The van der Waals surface area contributed by atoms with Gasteiger partial charge < -0.3 is 14.9 Å². The number of nitro groups is 1. The van der Waals surface area contributed by atoms with Crippen molar-refractivity contribution in [1.82, 2.24) is 0 Å². The highest BCUT2D eigenvalue weighted by molar-refractivity contribution is 5.87. The molecule has 0 spiro atoms. The number of hydrogen-bond donors (Lipinski definition) is 2. The number of phenolic OH excluding ortho intramolecular Hbond substituents is 2. The van der Waals surface area contributed by atoms with Crippen LogP contribution in [0.4, 0.5) is 11.4 Å². The molecular weight excluding hydrogens is 288 g/mol. The van der Waals surface area contributed by atoms with Gasteiger partial charge in [0.15, 0.2) is 11.5 Å². The molecule has 7 heteroatoms. The van der Waals surface area contributed by atoms with Gasteiger partial charge in [0.05, 0.1) is 12.0 Å². The topological polar surface area (TPSA) is 105 Å². The first-order valence-electron chi connectivity index (χ1n) is 6.32. The third-order valence-electron chi connectivity index (χ3n) is 3.07. The van der Waals surface area contributed by atoms with Crippen LogP contribution >= 0.6 is 0 Å². The summed E-state index contributed by atoms with van der Waals surface area (Å²) in [5, 5.41) is 30.7. The maximum atomic E-state index is 10.8. The molecule has 0 atom stereocenters. The fraction of sp³-hybridized carbons (Fsp3) is 0.133. The molecule has 2 aromatic carbocycles. The summed E-state index contributed by atoms with van der Waals surface area (Å²) in [4.78, 5) is 14.3. The van der Waals surface area contributed by atoms with Crippen molar-refractivity contribution in [1.29, 1.82) is 0 Å². The molecule has 0 amide bonds. The van der Waals surface area contributed by atoms with Crippen LogP contribution in [0.1, 0.15) is 11.1 Å². The van der Waals surface area contributed by atoms with Gasteiger partial charge in [0.1, 0.15) is 11.4 Å². The summed E-state index contributed by atoms with van der Waals surface area (Å²) in [6.07, 6.45) is 1.30. The molecule has 0 saturated carbocycles. The first-order valence-corrected chi connectivity index (χ1v) is 6.32. The molecule has 0 fully saturated rings. The van der Waals surface area contributed by atoms with Crippen LogP contribution < -0.4 is 4.74 Å². The van der Waals surface area contributed by atoms with Crippen molar-refractivity contribution in [2.75, 3.05) is 7.11 Å². The zero-order chi connectivity index (χ0) is 16.3. The van der Waals surface area contributed by atoms with Crippen LogP contribution in [-0.2, 0) is 0 Å². The predicted molar refractivity (Wildman–Crippen MR) is 81.4 cm³/mol. The van der Waals surface area contributed by atoms with Gasteiger partial charge in [-0.25, -0.2) is 0 Å². The zero-order valence-corrected chi connectivity index (χ0v) is 12.0. The lowest BCUT2D eigenvalue weighted by Gasteiger charge is -2.06. The lowest BCUT2D eigenvalue weighted by Crippen LogP contribution is -1.90. The Morgan fingerprint density at radius 2 is 2.00 bits per heavy atom. The van der Waals surface area contributed by atoms with Gasteiger partial charge in [-0.3, -0.25) is 15.1 Å². The molecule has 2 N–H and O–H groups in total. The predicted octanol–water partition coefficient (Wildman–Crippen LogP) is 3.07. The van der Waals surface area contributed by atoms with Gasteiger partial charge in [-0.05, 0) is 24.6 Å². The summed E-state index contributed by atoms with van der Waals surface area (Å²) < 4.78 is 4.98. The quantitative estimate of drug-likeness (QED) is 0.513. The number of methoxy groups -OCH3 is 1. The fourth-order valence-electron chi connectivity index (χ4n) is 1.89. The third-order valence-corrected chi connectivity index (χ3v) is 3.07. The number of non-ortho nitro benzene ring substituents is 1. The first-order chi connectivity index (χ1) is 10.4. The van der Waals surface area contributed by atoms with E-state index in [1.54, 1.807) is 25.1 Å². The number of nitro benzene ring substituents is 1. The van der Waals surface area contributed by atoms with Crippen molar-refractivity contribution in [3.05, 3.63) is 51.6 Å². The minimum Gasteiger partial charge on any atom is -0.505 e. The Bertz CT molecular complexity index is 756. The number of aryl methyl sites for hydroxylation is 1. The average molecular weight is 302 g/mol. The van der Waals surface area contributed by atoms with Crippen LogP contribution in [0.2, 0.25) is 0 Å². The summed E-state index contributed by atoms with van der Waals surface area (Å²) in [5.74, 6) is 0.0306. The Balaban J connectivity index is 2.44. The molecule has 2 aromatic rings. The molecule has 0 aliphatic rings. The van der Waals surface area contributed by atoms with Crippen LogP contribution in [0.3, 0.4) is 0 Å². The highest BCUT2D eigenvalue weighted by atomic mass is 16.6. The minimum atomic E-state index is -0.561. The molecule has 2 rings (SSSR count). The molecule has 0 aliphatic carbocycles. The van der Waals surface area contributed by atoms with Crippen molar-refractivity contribution in [3.8, 4) is 17.2 Å². The summed E-state index contributed by atoms with van der Waals surface area (Å²) in [5.41, 5.74) is 0.588. The number of benzene rings is 2. The lowest BCUT2D eigenvalue weighted by atomic mass is 10.1. The molecule has 0 unspecified atom stereocenters. The van der Waals surface area contributed by atoms with Crippen molar-refractivity contribution >= 4 is 17.6 Å². The van der Waals surface area contributed by atoms with Crippen LogP contribution in [0.5, 0.6) is 17.2 Å². The van der Waals surface area contributed by atoms with E-state index in [4.69, 9.17) is 4.74 Å². The van der Waals surface area contributed by atoms with Gasteiger partial charge in [0, 0.05) is 23.9 Å². The van der Waals surface area contributed by atoms with Gasteiger partial charge in [0.25, 0.3) is 5.69 Å². The summed E-state index contributed by atoms with van der Waals surface area (Å²) >= 11 is 0. The Morgan fingerprint density at radius 3 is 2.64 bits per heavy atom. The second-order valence-corrected chi connectivity index (χ2v) is 4.54. The zero-order valence-electron chi connectivity index (χ0n) is 12.0. The highest BCUT2D eigenvalue weighted by Gasteiger charge is 2.13. The van der Waals surface area contributed by atoms with Crippen LogP contribution in [0, 0.1) is 17.0 Å². The number of aliphatic imine (C=N–C) groups is 1. The molecule has 114 valence electrons. The largest absolute Gasteiger partial charge is 0.505 e. The molecule has 0 heterocycles. The van der Waals surface area contributed by atoms with Gasteiger partial charge >= 0.3 is 0 Å². The average Bonchev–Trinajstić information content (AvgIpc) is 2.49. The fourth-order valence-corrected chi connectivity index (χ4v) is 1.89. The van der Waals surface area contributed by atoms with Gasteiger partial charge in [-0.1, -0.05) is 6.07 Å². The van der Waals surface area contributed by atoms with Crippen molar-refractivity contribution in [2.24, 2.45) is 4.99 Å². The van der Waals surface area contributed by atoms with E-state index in [0.717, 1.165) is 6.07 Å². The SMILES string of the molecule is COc1cccc(C=Nc2cc([N+](=O)[O-])cc(C)c2O)c1O. The Labute approximate surface area is 126 Å². The molecule has 0 saturated heterocycles. The van der Waals surface area contributed by atoms with E-state index in [0.29, 0.717) is 11.1 Å². The number of para-hydroxylation sites is 1. The van der Waals surface area contributed by atoms with E-state index in [2.05, 4.69) is 4.99 Å². The highest BCUT2D eigenvalue weighted by Crippen LogP contribution is 2.35. The number of phenols is 2. The first kappa shape index (κ1) is 15.3. The molecule has 0 aliphatic heterocycles. The Kier molecular flexibility index (Phi) is 4.26. The normalized spacial score (nSPS) is 10.8. The van der Waals surface area contributed by atoms with E-state index in [1.807, 2.05) is 0 Å².